The van der Waals surface area contributed by atoms with E-state index < -0.39 is 0 Å². The molecule has 0 aliphatic rings. The third-order valence-corrected chi connectivity index (χ3v) is 3.15. The van der Waals surface area contributed by atoms with Crippen LogP contribution in [0.3, 0.4) is 0 Å². The van der Waals surface area contributed by atoms with Crippen LogP contribution < -0.4 is 11.5 Å². The SMILES string of the molecule is Nc1ccc(-c2ccc(N)cc2-c2ccc[nH]2)cc1. The highest BCUT2D eigenvalue weighted by Gasteiger charge is 2.08. The minimum atomic E-state index is 0.754. The number of anilines is 2. The van der Waals surface area contributed by atoms with Crippen molar-refractivity contribution in [3.63, 3.8) is 0 Å². The van der Waals surface area contributed by atoms with Crippen LogP contribution in [0.1, 0.15) is 0 Å². The summed E-state index contributed by atoms with van der Waals surface area (Å²) in [4.78, 5) is 3.22. The van der Waals surface area contributed by atoms with E-state index in [4.69, 9.17) is 11.5 Å². The zero-order valence-corrected chi connectivity index (χ0v) is 10.4. The van der Waals surface area contributed by atoms with Crippen molar-refractivity contribution in [1.82, 2.24) is 4.98 Å². The van der Waals surface area contributed by atoms with E-state index >= 15 is 0 Å². The van der Waals surface area contributed by atoms with Crippen LogP contribution in [-0.4, -0.2) is 4.98 Å². The number of H-pyrrole nitrogens is 1. The second-order valence-corrected chi connectivity index (χ2v) is 4.51. The molecular weight excluding hydrogens is 234 g/mol. The zero-order chi connectivity index (χ0) is 13.2. The number of aromatic amines is 1. The largest absolute Gasteiger partial charge is 0.399 e. The number of nitrogen functional groups attached to an aromatic ring is 2. The molecule has 1 heterocycles. The summed E-state index contributed by atoms with van der Waals surface area (Å²) in [7, 11) is 0. The highest BCUT2D eigenvalue weighted by atomic mass is 14.7. The van der Waals surface area contributed by atoms with Crippen LogP contribution in [0.25, 0.3) is 22.4 Å². The lowest BCUT2D eigenvalue weighted by Crippen LogP contribution is -1.90. The second-order valence-electron chi connectivity index (χ2n) is 4.51. The highest BCUT2D eigenvalue weighted by molar-refractivity contribution is 5.84. The Bertz CT molecular complexity index is 683. The molecule has 0 atom stereocenters. The number of benzene rings is 2. The molecule has 3 nitrogen and oxygen atoms in total. The van der Waals surface area contributed by atoms with Gasteiger partial charge in [0, 0.05) is 28.8 Å². The average Bonchev–Trinajstić information content (AvgIpc) is 2.94. The van der Waals surface area contributed by atoms with E-state index in [2.05, 4.69) is 4.98 Å². The Morgan fingerprint density at radius 1 is 0.737 bits per heavy atom. The molecule has 0 saturated heterocycles. The molecule has 94 valence electrons. The summed E-state index contributed by atoms with van der Waals surface area (Å²) in [5.41, 5.74) is 17.6. The maximum absolute atomic E-state index is 5.90. The molecule has 19 heavy (non-hydrogen) atoms. The third-order valence-electron chi connectivity index (χ3n) is 3.15. The zero-order valence-electron chi connectivity index (χ0n) is 10.4. The maximum atomic E-state index is 5.90. The van der Waals surface area contributed by atoms with Crippen molar-refractivity contribution in [2.24, 2.45) is 0 Å². The summed E-state index contributed by atoms with van der Waals surface area (Å²) >= 11 is 0. The van der Waals surface area contributed by atoms with Crippen LogP contribution in [-0.2, 0) is 0 Å². The first kappa shape index (κ1) is 11.4. The predicted octanol–water partition coefficient (Wildman–Crippen LogP) is 3.51. The van der Waals surface area contributed by atoms with Crippen molar-refractivity contribution >= 4 is 11.4 Å². The molecule has 5 N–H and O–H groups in total. The van der Waals surface area contributed by atoms with Crippen molar-refractivity contribution in [2.45, 2.75) is 0 Å². The van der Waals surface area contributed by atoms with E-state index in [1.165, 1.54) is 0 Å². The number of nitrogens with one attached hydrogen (secondary N) is 1. The van der Waals surface area contributed by atoms with Crippen molar-refractivity contribution < 1.29 is 0 Å². The lowest BCUT2D eigenvalue weighted by molar-refractivity contribution is 1.40. The van der Waals surface area contributed by atoms with Gasteiger partial charge < -0.3 is 16.5 Å². The Morgan fingerprint density at radius 2 is 1.47 bits per heavy atom. The fourth-order valence-electron chi connectivity index (χ4n) is 2.20. The van der Waals surface area contributed by atoms with E-state index in [9.17, 15) is 0 Å². The number of nitrogens with two attached hydrogens (primary N) is 2. The van der Waals surface area contributed by atoms with Gasteiger partial charge in [0.25, 0.3) is 0 Å². The Morgan fingerprint density at radius 3 is 2.16 bits per heavy atom. The summed E-state index contributed by atoms with van der Waals surface area (Å²) in [6, 6.07) is 17.8. The number of hydrogen-bond donors (Lipinski definition) is 3. The first-order valence-corrected chi connectivity index (χ1v) is 6.13. The fraction of sp³-hybridized carbons (Fsp3) is 0. The molecule has 2 aromatic carbocycles. The van der Waals surface area contributed by atoms with Gasteiger partial charge in [-0.05, 0) is 47.5 Å². The maximum Gasteiger partial charge on any atom is 0.0460 e. The van der Waals surface area contributed by atoms with E-state index in [0.29, 0.717) is 0 Å². The molecule has 3 aromatic rings. The van der Waals surface area contributed by atoms with Gasteiger partial charge in [-0.15, -0.1) is 0 Å². The molecule has 0 radical (unpaired) electrons. The molecule has 1 aromatic heterocycles. The van der Waals surface area contributed by atoms with Crippen molar-refractivity contribution in [3.8, 4) is 22.4 Å². The Balaban J connectivity index is 2.18. The lowest BCUT2D eigenvalue weighted by atomic mass is 9.97. The van der Waals surface area contributed by atoms with Crippen LogP contribution >= 0.6 is 0 Å². The minimum absolute atomic E-state index is 0.754. The predicted molar refractivity (Wildman–Crippen MR) is 80.5 cm³/mol. The molecule has 0 spiro atoms. The van der Waals surface area contributed by atoms with Gasteiger partial charge in [0.05, 0.1) is 0 Å². The molecule has 0 fully saturated rings. The van der Waals surface area contributed by atoms with E-state index in [-0.39, 0.29) is 0 Å². The van der Waals surface area contributed by atoms with Gasteiger partial charge in [-0.25, -0.2) is 0 Å². The van der Waals surface area contributed by atoms with Gasteiger partial charge in [0.1, 0.15) is 0 Å². The van der Waals surface area contributed by atoms with Gasteiger partial charge in [0.2, 0.25) is 0 Å². The van der Waals surface area contributed by atoms with Crippen LogP contribution in [0.15, 0.2) is 60.8 Å². The van der Waals surface area contributed by atoms with Crippen molar-refractivity contribution in [2.75, 3.05) is 11.5 Å². The van der Waals surface area contributed by atoms with Gasteiger partial charge in [-0.1, -0.05) is 18.2 Å². The number of aromatic nitrogens is 1. The Hall–Kier alpha value is -2.68. The van der Waals surface area contributed by atoms with Crippen molar-refractivity contribution in [3.05, 3.63) is 60.8 Å². The highest BCUT2D eigenvalue weighted by Crippen LogP contribution is 2.33. The summed E-state index contributed by atoms with van der Waals surface area (Å²) in [6.45, 7) is 0. The van der Waals surface area contributed by atoms with Gasteiger partial charge >= 0.3 is 0 Å². The topological polar surface area (TPSA) is 67.8 Å². The smallest absolute Gasteiger partial charge is 0.0460 e. The van der Waals surface area contributed by atoms with Gasteiger partial charge in [-0.3, -0.25) is 0 Å². The van der Waals surface area contributed by atoms with Crippen LogP contribution in [0.5, 0.6) is 0 Å². The molecule has 3 rings (SSSR count). The molecule has 0 unspecified atom stereocenters. The van der Waals surface area contributed by atoms with E-state index in [0.717, 1.165) is 33.8 Å². The monoisotopic (exact) mass is 249 g/mol. The lowest BCUT2D eigenvalue weighted by Gasteiger charge is -2.10. The Labute approximate surface area is 111 Å². The second kappa shape index (κ2) is 4.53. The van der Waals surface area contributed by atoms with E-state index in [1.54, 1.807) is 0 Å². The molecule has 0 saturated carbocycles. The quantitative estimate of drug-likeness (QED) is 0.608. The molecule has 0 aliphatic carbocycles. The minimum Gasteiger partial charge on any atom is -0.399 e. The molecular formula is C16H15N3. The summed E-state index contributed by atoms with van der Waals surface area (Å²) in [5, 5.41) is 0. The van der Waals surface area contributed by atoms with Crippen LogP contribution in [0, 0.1) is 0 Å². The molecule has 0 bridgehead atoms. The number of rotatable bonds is 2. The fourth-order valence-corrected chi connectivity index (χ4v) is 2.20. The van der Waals surface area contributed by atoms with Crippen molar-refractivity contribution in [1.29, 1.82) is 0 Å². The first-order chi connectivity index (χ1) is 9.24. The number of hydrogen-bond acceptors (Lipinski definition) is 2. The summed E-state index contributed by atoms with van der Waals surface area (Å²) < 4.78 is 0. The summed E-state index contributed by atoms with van der Waals surface area (Å²) in [5.74, 6) is 0. The molecule has 3 heteroatoms. The van der Waals surface area contributed by atoms with Crippen LogP contribution in [0.2, 0.25) is 0 Å². The van der Waals surface area contributed by atoms with E-state index in [1.807, 2.05) is 60.8 Å². The van der Waals surface area contributed by atoms with Gasteiger partial charge in [0.15, 0.2) is 0 Å². The summed E-state index contributed by atoms with van der Waals surface area (Å²) in [6.07, 6.45) is 1.91. The standard InChI is InChI=1S/C16H15N3/c17-12-5-3-11(4-6-12)14-8-7-13(18)10-15(14)16-2-1-9-19-16/h1-10,19H,17-18H2. The average molecular weight is 249 g/mol. The Kier molecular flexibility index (Phi) is 2.72. The first-order valence-electron chi connectivity index (χ1n) is 6.13. The molecule has 0 aliphatic heterocycles. The van der Waals surface area contributed by atoms with Crippen LogP contribution in [0.4, 0.5) is 11.4 Å². The normalized spacial score (nSPS) is 10.5. The third kappa shape index (κ3) is 2.18. The molecule has 0 amide bonds. The van der Waals surface area contributed by atoms with Gasteiger partial charge in [-0.2, -0.15) is 0 Å².